The molecule has 0 aliphatic carbocycles. The summed E-state index contributed by atoms with van der Waals surface area (Å²) in [7, 11) is 0. The molecule has 124 valence electrons. The van der Waals surface area contributed by atoms with Crippen molar-refractivity contribution in [3.05, 3.63) is 61.1 Å². The molecule has 2 aromatic heterocycles. The van der Waals surface area contributed by atoms with Crippen LogP contribution in [-0.4, -0.2) is 14.3 Å². The van der Waals surface area contributed by atoms with E-state index >= 15 is 0 Å². The lowest BCUT2D eigenvalue weighted by atomic mass is 10.1. The lowest BCUT2D eigenvalue weighted by Gasteiger charge is -2.29. The Morgan fingerprint density at radius 2 is 1.88 bits per heavy atom. The molecule has 3 heterocycles. The van der Waals surface area contributed by atoms with Crippen molar-refractivity contribution < 1.29 is 0 Å². The van der Waals surface area contributed by atoms with Gasteiger partial charge in [-0.25, -0.2) is 4.31 Å². The largest absolute Gasteiger partial charge is 0.358 e. The smallest absolute Gasteiger partial charge is 0.248 e. The summed E-state index contributed by atoms with van der Waals surface area (Å²) in [4.78, 5) is 17.2. The Kier molecular flexibility index (Phi) is 4.18. The Morgan fingerprint density at radius 1 is 1.08 bits per heavy atom. The summed E-state index contributed by atoms with van der Waals surface area (Å²) < 4.78 is 5.38. The molecule has 0 saturated heterocycles. The van der Waals surface area contributed by atoms with Crippen molar-refractivity contribution in [3.63, 3.8) is 0 Å². The van der Waals surface area contributed by atoms with Gasteiger partial charge in [-0.05, 0) is 17.2 Å². The van der Waals surface area contributed by atoms with E-state index in [0.717, 1.165) is 27.7 Å². The zero-order valence-corrected chi connectivity index (χ0v) is 15.2. The first kappa shape index (κ1) is 16.2. The number of pyridine rings is 1. The van der Waals surface area contributed by atoms with Crippen molar-refractivity contribution in [2.24, 2.45) is 0 Å². The predicted octanol–water partition coefficient (Wildman–Crippen LogP) is 4.81. The molecule has 0 bridgehead atoms. The molecule has 3 N–H and O–H groups in total. The third-order valence-electron chi connectivity index (χ3n) is 3.87. The summed E-state index contributed by atoms with van der Waals surface area (Å²) in [5.41, 5.74) is 3.51. The third kappa shape index (κ3) is 2.78. The lowest BCUT2D eigenvalue weighted by molar-refractivity contribution is 0.460. The number of hydrogen-bond donors (Lipinski definition) is 3. The Bertz CT molecular complexity index is 1000. The van der Waals surface area contributed by atoms with Crippen LogP contribution in [0.5, 0.6) is 0 Å². The van der Waals surface area contributed by atoms with Gasteiger partial charge in [0.2, 0.25) is 5.56 Å². The van der Waals surface area contributed by atoms with Gasteiger partial charge in [-0.1, -0.05) is 34.8 Å². The molecule has 1 aromatic carbocycles. The lowest BCUT2D eigenvalue weighted by Crippen LogP contribution is -2.23. The maximum absolute atomic E-state index is 11.5. The summed E-state index contributed by atoms with van der Waals surface area (Å²) >= 11 is 20.2. The summed E-state index contributed by atoms with van der Waals surface area (Å²) in [6.07, 6.45) is 3.24. The first-order valence-corrected chi connectivity index (χ1v) is 8.96. The SMILES string of the molecule is O=c1cc(CN2Cc3cc(Cl)c4c(Cl)c[nH]c4c3NS2)c(Cl)c[nH]1. The van der Waals surface area contributed by atoms with E-state index in [-0.39, 0.29) is 5.56 Å². The Hall–Kier alpha value is -1.31. The average Bonchev–Trinajstić information content (AvgIpc) is 2.93. The van der Waals surface area contributed by atoms with Crippen LogP contribution >= 0.6 is 46.9 Å². The van der Waals surface area contributed by atoms with Crippen LogP contribution in [-0.2, 0) is 13.1 Å². The summed E-state index contributed by atoms with van der Waals surface area (Å²) in [6.45, 7) is 1.18. The number of nitrogens with zero attached hydrogens (tertiary/aromatic N) is 1. The number of halogens is 3. The molecule has 4 rings (SSSR count). The fourth-order valence-electron chi connectivity index (χ4n) is 2.76. The molecule has 0 spiro atoms. The number of nitrogens with one attached hydrogen (secondary N) is 3. The zero-order valence-electron chi connectivity index (χ0n) is 12.1. The molecule has 0 saturated carbocycles. The highest BCUT2D eigenvalue weighted by Crippen LogP contribution is 2.42. The number of aromatic nitrogens is 2. The van der Waals surface area contributed by atoms with Crippen molar-refractivity contribution >= 4 is 63.5 Å². The molecular weight excluding hydrogens is 391 g/mol. The van der Waals surface area contributed by atoms with Crippen LogP contribution in [0.2, 0.25) is 15.1 Å². The van der Waals surface area contributed by atoms with E-state index in [1.165, 1.54) is 24.4 Å². The molecule has 24 heavy (non-hydrogen) atoms. The second-order valence-electron chi connectivity index (χ2n) is 5.44. The molecule has 0 amide bonds. The number of hydrogen-bond acceptors (Lipinski definition) is 4. The van der Waals surface area contributed by atoms with Crippen LogP contribution < -0.4 is 10.3 Å². The van der Waals surface area contributed by atoms with Crippen molar-refractivity contribution in [2.75, 3.05) is 4.72 Å². The second kappa shape index (κ2) is 6.20. The van der Waals surface area contributed by atoms with Gasteiger partial charge in [-0.3, -0.25) is 4.79 Å². The van der Waals surface area contributed by atoms with Crippen molar-refractivity contribution in [3.8, 4) is 0 Å². The number of fused-ring (bicyclic) bond motifs is 3. The van der Waals surface area contributed by atoms with E-state index in [0.29, 0.717) is 28.2 Å². The number of anilines is 1. The first-order valence-electron chi connectivity index (χ1n) is 7.06. The van der Waals surface area contributed by atoms with E-state index in [9.17, 15) is 4.79 Å². The average molecular weight is 402 g/mol. The van der Waals surface area contributed by atoms with E-state index < -0.39 is 0 Å². The minimum atomic E-state index is -0.171. The van der Waals surface area contributed by atoms with Crippen LogP contribution in [0.15, 0.2) is 29.3 Å². The highest BCUT2D eigenvalue weighted by Gasteiger charge is 2.23. The van der Waals surface area contributed by atoms with Crippen molar-refractivity contribution in [1.82, 2.24) is 14.3 Å². The van der Waals surface area contributed by atoms with Gasteiger partial charge in [-0.2, -0.15) is 0 Å². The van der Waals surface area contributed by atoms with E-state index in [4.69, 9.17) is 34.8 Å². The molecule has 9 heteroatoms. The highest BCUT2D eigenvalue weighted by molar-refractivity contribution is 7.98. The number of aromatic amines is 2. The fraction of sp³-hybridized carbons (Fsp3) is 0.133. The Labute approximate surface area is 156 Å². The fourth-order valence-corrected chi connectivity index (χ4v) is 4.41. The monoisotopic (exact) mass is 400 g/mol. The minimum absolute atomic E-state index is 0.171. The van der Waals surface area contributed by atoms with E-state index in [2.05, 4.69) is 19.0 Å². The van der Waals surface area contributed by atoms with Gasteiger partial charge < -0.3 is 14.7 Å². The number of H-pyrrole nitrogens is 2. The van der Waals surface area contributed by atoms with Gasteiger partial charge in [0.15, 0.2) is 0 Å². The molecule has 0 fully saturated rings. The maximum Gasteiger partial charge on any atom is 0.248 e. The van der Waals surface area contributed by atoms with Crippen LogP contribution in [0.4, 0.5) is 5.69 Å². The molecule has 0 unspecified atom stereocenters. The van der Waals surface area contributed by atoms with Crippen molar-refractivity contribution in [1.29, 1.82) is 0 Å². The molecule has 1 aliphatic heterocycles. The zero-order chi connectivity index (χ0) is 16.8. The number of rotatable bonds is 2. The molecule has 1 aliphatic rings. The van der Waals surface area contributed by atoms with Gasteiger partial charge in [0.25, 0.3) is 0 Å². The predicted molar refractivity (Wildman–Crippen MR) is 101 cm³/mol. The van der Waals surface area contributed by atoms with E-state index in [1.54, 1.807) is 6.20 Å². The quantitative estimate of drug-likeness (QED) is 0.539. The van der Waals surface area contributed by atoms with Gasteiger partial charge in [-0.15, -0.1) is 0 Å². The topological polar surface area (TPSA) is 63.9 Å². The van der Waals surface area contributed by atoms with Gasteiger partial charge in [0.05, 0.1) is 26.3 Å². The standard InChI is InChI=1S/C15H11Cl3N4OS/c16-9-1-8-6-22(5-7-2-12(23)19-3-10(7)17)24-21-14(8)15-13(9)11(18)4-20-15/h1-4,20-21H,5-6H2,(H,19,23). The Balaban J connectivity index is 1.67. The van der Waals surface area contributed by atoms with Gasteiger partial charge >= 0.3 is 0 Å². The van der Waals surface area contributed by atoms with E-state index in [1.807, 2.05) is 6.07 Å². The molecule has 0 atom stereocenters. The molecule has 3 aromatic rings. The normalized spacial score (nSPS) is 14.6. The van der Waals surface area contributed by atoms with Gasteiger partial charge in [0.1, 0.15) is 0 Å². The van der Waals surface area contributed by atoms with Crippen LogP contribution in [0.1, 0.15) is 11.1 Å². The van der Waals surface area contributed by atoms with Crippen LogP contribution in [0.3, 0.4) is 0 Å². The third-order valence-corrected chi connectivity index (χ3v) is 5.63. The Morgan fingerprint density at radius 3 is 2.71 bits per heavy atom. The molecule has 5 nitrogen and oxygen atoms in total. The molecular formula is C15H11Cl3N4OS. The van der Waals surface area contributed by atoms with Crippen LogP contribution in [0, 0.1) is 0 Å². The summed E-state index contributed by atoms with van der Waals surface area (Å²) in [5.74, 6) is 0. The highest BCUT2D eigenvalue weighted by atomic mass is 35.5. The van der Waals surface area contributed by atoms with Crippen molar-refractivity contribution in [2.45, 2.75) is 13.1 Å². The van der Waals surface area contributed by atoms with Gasteiger partial charge in [0, 0.05) is 49.1 Å². The molecule has 0 radical (unpaired) electrons. The number of benzene rings is 1. The second-order valence-corrected chi connectivity index (χ2v) is 7.57. The summed E-state index contributed by atoms with van der Waals surface area (Å²) in [5, 5.41) is 2.56. The minimum Gasteiger partial charge on any atom is -0.358 e. The summed E-state index contributed by atoms with van der Waals surface area (Å²) in [6, 6.07) is 3.43. The maximum atomic E-state index is 11.5. The first-order chi connectivity index (χ1) is 11.5. The van der Waals surface area contributed by atoms with Crippen LogP contribution in [0.25, 0.3) is 10.9 Å².